The Morgan fingerprint density at radius 3 is 2.79 bits per heavy atom. The molecular formula is C20H24N6OS. The van der Waals surface area contributed by atoms with Gasteiger partial charge in [0.1, 0.15) is 6.33 Å². The quantitative estimate of drug-likeness (QED) is 0.708. The highest BCUT2D eigenvalue weighted by atomic mass is 32.1. The fourth-order valence-corrected chi connectivity index (χ4v) is 4.40. The summed E-state index contributed by atoms with van der Waals surface area (Å²) in [5, 5.41) is 10.2. The molecule has 1 amide bonds. The monoisotopic (exact) mass is 396 g/mol. The molecule has 0 bridgehead atoms. The number of carbonyl (C=O) groups is 1. The largest absolute Gasteiger partial charge is 0.347 e. The van der Waals surface area contributed by atoms with Crippen molar-refractivity contribution in [1.82, 2.24) is 30.0 Å². The van der Waals surface area contributed by atoms with Gasteiger partial charge in [-0.3, -0.25) is 9.48 Å². The van der Waals surface area contributed by atoms with Crippen LogP contribution >= 0.6 is 11.3 Å². The van der Waals surface area contributed by atoms with Crippen LogP contribution in [0.3, 0.4) is 0 Å². The zero-order valence-electron chi connectivity index (χ0n) is 16.1. The maximum atomic E-state index is 12.5. The lowest BCUT2D eigenvalue weighted by molar-refractivity contribution is 0.0921. The number of nitrogens with one attached hydrogen (secondary N) is 1. The number of nitrogens with zero attached hydrogens (tertiary/aromatic N) is 5. The summed E-state index contributed by atoms with van der Waals surface area (Å²) in [5.74, 6) is 0.292. The third-order valence-corrected chi connectivity index (χ3v) is 6.05. The van der Waals surface area contributed by atoms with E-state index in [1.807, 2.05) is 22.3 Å². The van der Waals surface area contributed by atoms with E-state index in [0.29, 0.717) is 17.0 Å². The Morgan fingerprint density at radius 1 is 1.29 bits per heavy atom. The Hall–Kier alpha value is -2.61. The molecule has 1 fully saturated rings. The molecular weight excluding hydrogens is 372 g/mol. The lowest BCUT2D eigenvalue weighted by Crippen LogP contribution is -2.38. The highest BCUT2D eigenvalue weighted by Gasteiger charge is 2.25. The number of carbonyl (C=O) groups excluding carboxylic acids is 1. The molecule has 8 heteroatoms. The fraction of sp³-hybridized carbons (Fsp3) is 0.450. The van der Waals surface area contributed by atoms with Gasteiger partial charge in [0.05, 0.1) is 23.6 Å². The summed E-state index contributed by atoms with van der Waals surface area (Å²) in [6.07, 6.45) is 11.1. The Bertz CT molecular complexity index is 927. The van der Waals surface area contributed by atoms with Crippen molar-refractivity contribution in [3.8, 4) is 11.3 Å². The van der Waals surface area contributed by atoms with E-state index in [1.165, 1.54) is 11.3 Å². The molecule has 0 unspecified atom stereocenters. The summed E-state index contributed by atoms with van der Waals surface area (Å²) in [7, 11) is 0. The van der Waals surface area contributed by atoms with Crippen LogP contribution in [0.15, 0.2) is 36.4 Å². The van der Waals surface area contributed by atoms with Gasteiger partial charge in [-0.2, -0.15) is 5.10 Å². The van der Waals surface area contributed by atoms with Gasteiger partial charge in [-0.05, 0) is 37.7 Å². The van der Waals surface area contributed by atoms with Gasteiger partial charge in [0.2, 0.25) is 0 Å². The Kier molecular flexibility index (Phi) is 5.47. The molecule has 146 valence electrons. The lowest BCUT2D eigenvalue weighted by Gasteiger charge is -2.29. The van der Waals surface area contributed by atoms with Crippen molar-refractivity contribution in [1.29, 1.82) is 0 Å². The second-order valence-electron chi connectivity index (χ2n) is 7.51. The first-order chi connectivity index (χ1) is 13.6. The Balaban J connectivity index is 1.32. The minimum absolute atomic E-state index is 0.0505. The van der Waals surface area contributed by atoms with Gasteiger partial charge in [0.15, 0.2) is 5.01 Å². The van der Waals surface area contributed by atoms with E-state index < -0.39 is 0 Å². The van der Waals surface area contributed by atoms with Crippen molar-refractivity contribution < 1.29 is 4.79 Å². The lowest BCUT2D eigenvalue weighted by atomic mass is 9.91. The van der Waals surface area contributed by atoms with E-state index in [-0.39, 0.29) is 11.9 Å². The van der Waals surface area contributed by atoms with Gasteiger partial charge in [0, 0.05) is 29.4 Å². The predicted molar refractivity (Wildman–Crippen MR) is 108 cm³/mol. The summed E-state index contributed by atoms with van der Waals surface area (Å²) in [6.45, 7) is 4.17. The summed E-state index contributed by atoms with van der Waals surface area (Å²) >= 11 is 1.43. The van der Waals surface area contributed by atoms with Crippen LogP contribution in [0, 0.1) is 0 Å². The zero-order chi connectivity index (χ0) is 19.5. The fourth-order valence-electron chi connectivity index (χ4n) is 3.52. The third-order valence-electron chi connectivity index (χ3n) is 5.19. The van der Waals surface area contributed by atoms with E-state index in [1.54, 1.807) is 12.5 Å². The Morgan fingerprint density at radius 2 is 2.11 bits per heavy atom. The zero-order valence-corrected chi connectivity index (χ0v) is 16.9. The van der Waals surface area contributed by atoms with Crippen molar-refractivity contribution >= 4 is 17.2 Å². The maximum Gasteiger partial charge on any atom is 0.280 e. The van der Waals surface area contributed by atoms with Crippen LogP contribution in [0.25, 0.3) is 11.3 Å². The van der Waals surface area contributed by atoms with Crippen molar-refractivity contribution in [3.05, 3.63) is 47.1 Å². The second kappa shape index (κ2) is 8.18. The summed E-state index contributed by atoms with van der Waals surface area (Å²) in [5.41, 5.74) is 2.87. The van der Waals surface area contributed by atoms with Gasteiger partial charge in [0.25, 0.3) is 5.91 Å². The van der Waals surface area contributed by atoms with Crippen LogP contribution in [0.4, 0.5) is 0 Å². The molecule has 0 radical (unpaired) electrons. The molecule has 0 aliphatic heterocycles. The van der Waals surface area contributed by atoms with E-state index in [2.05, 4.69) is 45.4 Å². The van der Waals surface area contributed by atoms with Crippen molar-refractivity contribution in [2.24, 2.45) is 0 Å². The van der Waals surface area contributed by atoms with Crippen LogP contribution < -0.4 is 5.32 Å². The first-order valence-corrected chi connectivity index (χ1v) is 10.5. The van der Waals surface area contributed by atoms with Crippen LogP contribution in [0.1, 0.15) is 67.0 Å². The number of hydrogen-bond acceptors (Lipinski definition) is 6. The van der Waals surface area contributed by atoms with Crippen LogP contribution in [0.5, 0.6) is 0 Å². The van der Waals surface area contributed by atoms with E-state index >= 15 is 0 Å². The summed E-state index contributed by atoms with van der Waals surface area (Å²) in [6, 6.07) is 2.44. The summed E-state index contributed by atoms with van der Waals surface area (Å²) < 4.78 is 2.03. The SMILES string of the molecule is CC(C)c1csc(C(=O)NC2CCC(n3cc(-c4ccncn4)cn3)CC2)n1. The molecule has 0 atom stereocenters. The van der Waals surface area contributed by atoms with Crippen molar-refractivity contribution in [2.75, 3.05) is 0 Å². The van der Waals surface area contributed by atoms with Gasteiger partial charge < -0.3 is 5.32 Å². The Labute approximate surface area is 168 Å². The molecule has 1 saturated carbocycles. The molecule has 1 aliphatic carbocycles. The molecule has 4 rings (SSSR count). The molecule has 3 aromatic rings. The standard InChI is InChI=1S/C20H24N6OS/c1-13(2)18-11-28-20(25-18)19(27)24-15-3-5-16(6-4-15)26-10-14(9-23-26)17-7-8-21-12-22-17/h7-13,15-16H,3-6H2,1-2H3,(H,24,27). The molecule has 0 saturated heterocycles. The van der Waals surface area contributed by atoms with Gasteiger partial charge in [-0.25, -0.2) is 15.0 Å². The van der Waals surface area contributed by atoms with Gasteiger partial charge >= 0.3 is 0 Å². The van der Waals surface area contributed by atoms with E-state index in [0.717, 1.165) is 42.6 Å². The number of aromatic nitrogens is 5. The first kappa shape index (κ1) is 18.7. The van der Waals surface area contributed by atoms with Gasteiger partial charge in [-0.15, -0.1) is 11.3 Å². The van der Waals surface area contributed by atoms with Crippen LogP contribution in [0.2, 0.25) is 0 Å². The maximum absolute atomic E-state index is 12.5. The van der Waals surface area contributed by atoms with Crippen LogP contribution in [-0.2, 0) is 0 Å². The molecule has 7 nitrogen and oxygen atoms in total. The summed E-state index contributed by atoms with van der Waals surface area (Å²) in [4.78, 5) is 25.2. The minimum atomic E-state index is -0.0505. The molecule has 0 spiro atoms. The molecule has 3 aromatic heterocycles. The number of thiazole rings is 1. The minimum Gasteiger partial charge on any atom is -0.347 e. The number of amides is 1. The number of hydrogen-bond donors (Lipinski definition) is 1. The van der Waals surface area contributed by atoms with Crippen molar-refractivity contribution in [3.63, 3.8) is 0 Å². The molecule has 3 heterocycles. The highest BCUT2D eigenvalue weighted by Crippen LogP contribution is 2.29. The predicted octanol–water partition coefficient (Wildman–Crippen LogP) is 3.83. The van der Waals surface area contributed by atoms with Crippen LogP contribution in [-0.4, -0.2) is 36.7 Å². The van der Waals surface area contributed by atoms with Crippen molar-refractivity contribution in [2.45, 2.75) is 57.5 Å². The molecule has 28 heavy (non-hydrogen) atoms. The smallest absolute Gasteiger partial charge is 0.280 e. The second-order valence-corrected chi connectivity index (χ2v) is 8.37. The van der Waals surface area contributed by atoms with E-state index in [4.69, 9.17) is 0 Å². The average molecular weight is 397 g/mol. The topological polar surface area (TPSA) is 85.6 Å². The van der Waals surface area contributed by atoms with E-state index in [9.17, 15) is 4.79 Å². The first-order valence-electron chi connectivity index (χ1n) is 9.67. The number of rotatable bonds is 5. The molecule has 1 N–H and O–H groups in total. The highest BCUT2D eigenvalue weighted by molar-refractivity contribution is 7.11. The third kappa shape index (κ3) is 4.11. The molecule has 0 aromatic carbocycles. The normalized spacial score (nSPS) is 19.7. The van der Waals surface area contributed by atoms with Gasteiger partial charge in [-0.1, -0.05) is 13.8 Å². The molecule has 1 aliphatic rings. The average Bonchev–Trinajstić information content (AvgIpc) is 3.39.